The number of hydrogen-bond donors (Lipinski definition) is 1. The van der Waals surface area contributed by atoms with Crippen LogP contribution in [0.3, 0.4) is 0 Å². The van der Waals surface area contributed by atoms with Crippen LogP contribution in [0.4, 0.5) is 0 Å². The van der Waals surface area contributed by atoms with Gasteiger partial charge in [-0.25, -0.2) is 0 Å². The minimum atomic E-state index is -1.07. The van der Waals surface area contributed by atoms with Crippen molar-refractivity contribution in [2.24, 2.45) is 28.6 Å². The summed E-state index contributed by atoms with van der Waals surface area (Å²) in [4.78, 5) is 27.9. The van der Waals surface area contributed by atoms with E-state index in [9.17, 15) is 14.7 Å². The molecule has 0 spiro atoms. The standard InChI is InChI=1S/C35H40O5S/c1-4-8-31-39-30-18-26-25-14-13-22-17-23(36)15-16-33(22,2)32(25)27(37)19-34(26,3)35(30,40-31)29(38)20-41-28-12-7-10-21-9-5-6-11-24(21)28/h5-7,9-12,15-17,25-27,30-32,37H,4,8,13-14,18-20H2,1-3H3/t25?,26?,27?,30-,31?,32?,33?,34?,35-/m1/s1. The highest BCUT2D eigenvalue weighted by atomic mass is 32.2. The summed E-state index contributed by atoms with van der Waals surface area (Å²) in [5.74, 6) is 0.849. The molecular weight excluding hydrogens is 532 g/mol. The van der Waals surface area contributed by atoms with Crippen LogP contribution in [0.5, 0.6) is 0 Å². The lowest BCUT2D eigenvalue weighted by Crippen LogP contribution is -2.63. The summed E-state index contributed by atoms with van der Waals surface area (Å²) in [6.45, 7) is 6.50. The number of ether oxygens (including phenoxy) is 2. The van der Waals surface area contributed by atoms with E-state index in [-0.39, 0.29) is 40.8 Å². The number of aliphatic hydroxyl groups excluding tert-OH is 1. The molecule has 5 nitrogen and oxygen atoms in total. The van der Waals surface area contributed by atoms with Crippen LogP contribution in [-0.2, 0) is 19.1 Å². The first-order valence-electron chi connectivity index (χ1n) is 15.3. The highest BCUT2D eigenvalue weighted by Crippen LogP contribution is 2.69. The predicted molar refractivity (Wildman–Crippen MR) is 160 cm³/mol. The van der Waals surface area contributed by atoms with Gasteiger partial charge in [-0.2, -0.15) is 0 Å². The lowest BCUT2D eigenvalue weighted by Gasteiger charge is -2.59. The third-order valence-electron chi connectivity index (χ3n) is 11.3. The molecule has 4 aliphatic carbocycles. The van der Waals surface area contributed by atoms with E-state index in [4.69, 9.17) is 9.47 Å². The highest BCUT2D eigenvalue weighted by Gasteiger charge is 2.75. The first kappa shape index (κ1) is 27.6. The van der Waals surface area contributed by atoms with Gasteiger partial charge in [-0.05, 0) is 72.9 Å². The van der Waals surface area contributed by atoms with Crippen LogP contribution < -0.4 is 0 Å². The van der Waals surface area contributed by atoms with Crippen molar-refractivity contribution < 1.29 is 24.2 Å². The summed E-state index contributed by atoms with van der Waals surface area (Å²) in [6, 6.07) is 14.5. The van der Waals surface area contributed by atoms with Crippen molar-refractivity contribution in [3.63, 3.8) is 0 Å². The van der Waals surface area contributed by atoms with Gasteiger partial charge in [0.2, 0.25) is 0 Å². The molecule has 2 aromatic carbocycles. The van der Waals surface area contributed by atoms with Crippen molar-refractivity contribution in [3.8, 4) is 0 Å². The molecular formula is C35H40O5S. The zero-order valence-corrected chi connectivity index (χ0v) is 25.0. The van der Waals surface area contributed by atoms with Gasteiger partial charge in [-0.15, -0.1) is 11.8 Å². The van der Waals surface area contributed by atoms with Crippen molar-refractivity contribution in [1.82, 2.24) is 0 Å². The Morgan fingerprint density at radius 2 is 1.95 bits per heavy atom. The van der Waals surface area contributed by atoms with E-state index in [2.05, 4.69) is 45.0 Å². The molecule has 0 amide bonds. The Balaban J connectivity index is 1.23. The molecule has 1 aliphatic heterocycles. The molecule has 1 saturated heterocycles. The van der Waals surface area contributed by atoms with Gasteiger partial charge in [0.25, 0.3) is 0 Å². The van der Waals surface area contributed by atoms with Gasteiger partial charge in [-0.1, -0.05) is 75.2 Å². The smallest absolute Gasteiger partial charge is 0.178 e. The van der Waals surface area contributed by atoms with E-state index in [1.807, 2.05) is 24.3 Å². The molecule has 2 aromatic rings. The molecule has 0 bridgehead atoms. The number of allylic oxidation sites excluding steroid dienone is 4. The van der Waals surface area contributed by atoms with Crippen LogP contribution >= 0.6 is 11.8 Å². The molecule has 3 saturated carbocycles. The van der Waals surface area contributed by atoms with E-state index in [0.29, 0.717) is 12.2 Å². The quantitative estimate of drug-likeness (QED) is 0.390. The normalized spacial score (nSPS) is 41.0. The maximum atomic E-state index is 14.6. The Morgan fingerprint density at radius 3 is 2.78 bits per heavy atom. The molecule has 216 valence electrons. The fourth-order valence-electron chi connectivity index (χ4n) is 9.58. The Kier molecular flexibility index (Phi) is 6.66. The minimum absolute atomic E-state index is 0.00685. The number of carbonyl (C=O) groups is 2. The predicted octanol–water partition coefficient (Wildman–Crippen LogP) is 6.67. The van der Waals surface area contributed by atoms with Crippen LogP contribution in [0.2, 0.25) is 0 Å². The van der Waals surface area contributed by atoms with Gasteiger partial charge in [-0.3, -0.25) is 9.59 Å². The third-order valence-corrected chi connectivity index (χ3v) is 12.4. The van der Waals surface area contributed by atoms with Crippen molar-refractivity contribution in [1.29, 1.82) is 0 Å². The topological polar surface area (TPSA) is 72.8 Å². The number of hydrogen-bond acceptors (Lipinski definition) is 6. The van der Waals surface area contributed by atoms with E-state index < -0.39 is 23.4 Å². The average molecular weight is 573 g/mol. The largest absolute Gasteiger partial charge is 0.393 e. The number of benzene rings is 2. The molecule has 5 aliphatic rings. The number of ketones is 2. The van der Waals surface area contributed by atoms with Crippen molar-refractivity contribution in [3.05, 3.63) is 66.3 Å². The zero-order valence-electron chi connectivity index (χ0n) is 24.2. The number of carbonyl (C=O) groups excluding carboxylic acids is 2. The minimum Gasteiger partial charge on any atom is -0.393 e. The number of fused-ring (bicyclic) bond motifs is 8. The van der Waals surface area contributed by atoms with Gasteiger partial charge >= 0.3 is 0 Å². The SMILES string of the molecule is CCCC1O[C@@H]2CC3C4CCC5=CC(=O)C=CC5(C)C4C(O)CC3(C)[C@]2(C(=O)CSc2cccc3ccccc23)O1. The maximum absolute atomic E-state index is 14.6. The van der Waals surface area contributed by atoms with Crippen LogP contribution in [0.25, 0.3) is 10.8 Å². The third kappa shape index (κ3) is 3.93. The van der Waals surface area contributed by atoms with Crippen LogP contribution in [0.15, 0.2) is 71.2 Å². The van der Waals surface area contributed by atoms with Gasteiger partial charge in [0, 0.05) is 21.6 Å². The molecule has 6 heteroatoms. The van der Waals surface area contributed by atoms with Gasteiger partial charge in [0.15, 0.2) is 23.5 Å². The number of aliphatic hydroxyl groups is 1. The summed E-state index contributed by atoms with van der Waals surface area (Å²) in [5, 5.41) is 14.3. The lowest BCUT2D eigenvalue weighted by molar-refractivity contribution is -0.197. The summed E-state index contributed by atoms with van der Waals surface area (Å²) in [7, 11) is 0. The van der Waals surface area contributed by atoms with Gasteiger partial charge < -0.3 is 14.6 Å². The molecule has 9 atom stereocenters. The molecule has 1 N–H and O–H groups in total. The molecule has 7 rings (SSSR count). The Bertz CT molecular complexity index is 1460. The second kappa shape index (κ2) is 9.90. The van der Waals surface area contributed by atoms with Crippen LogP contribution in [-0.4, -0.2) is 46.5 Å². The first-order chi connectivity index (χ1) is 19.7. The lowest BCUT2D eigenvalue weighted by atomic mass is 9.46. The second-order valence-electron chi connectivity index (χ2n) is 13.3. The van der Waals surface area contributed by atoms with E-state index in [1.54, 1.807) is 23.9 Å². The van der Waals surface area contributed by atoms with Gasteiger partial charge in [0.05, 0.1) is 18.0 Å². The summed E-state index contributed by atoms with van der Waals surface area (Å²) < 4.78 is 13.4. The molecule has 0 radical (unpaired) electrons. The highest BCUT2D eigenvalue weighted by molar-refractivity contribution is 8.00. The number of rotatable bonds is 6. The second-order valence-corrected chi connectivity index (χ2v) is 14.4. The fraction of sp³-hybridized carbons (Fsp3) is 0.543. The zero-order chi connectivity index (χ0) is 28.6. The average Bonchev–Trinajstić information content (AvgIpc) is 3.44. The van der Waals surface area contributed by atoms with E-state index in [0.717, 1.165) is 53.3 Å². The maximum Gasteiger partial charge on any atom is 0.178 e. The van der Waals surface area contributed by atoms with E-state index in [1.165, 1.54) is 0 Å². The van der Waals surface area contributed by atoms with Gasteiger partial charge in [0.1, 0.15) is 0 Å². The van der Waals surface area contributed by atoms with E-state index >= 15 is 0 Å². The first-order valence-corrected chi connectivity index (χ1v) is 16.3. The van der Waals surface area contributed by atoms with Crippen molar-refractivity contribution in [2.45, 2.75) is 88.3 Å². The molecule has 4 fully saturated rings. The van der Waals surface area contributed by atoms with Crippen molar-refractivity contribution >= 4 is 34.1 Å². The summed E-state index contributed by atoms with van der Waals surface area (Å²) in [6.07, 6.45) is 8.87. The van der Waals surface area contributed by atoms with Crippen LogP contribution in [0, 0.1) is 28.6 Å². The Morgan fingerprint density at radius 1 is 1.15 bits per heavy atom. The molecule has 41 heavy (non-hydrogen) atoms. The molecule has 0 aromatic heterocycles. The Labute approximate surface area is 246 Å². The summed E-state index contributed by atoms with van der Waals surface area (Å²) in [5.41, 5.74) is -0.817. The summed E-state index contributed by atoms with van der Waals surface area (Å²) >= 11 is 1.58. The Hall–Kier alpha value is -2.25. The number of thioether (sulfide) groups is 1. The molecule has 7 unspecified atom stereocenters. The fourth-order valence-corrected chi connectivity index (χ4v) is 10.6. The van der Waals surface area contributed by atoms with Crippen LogP contribution in [0.1, 0.15) is 59.3 Å². The van der Waals surface area contributed by atoms with Crippen molar-refractivity contribution in [2.75, 3.05) is 5.75 Å². The number of Topliss-reactive ketones (excluding diaryl/α,β-unsaturated/α-hetero) is 1. The monoisotopic (exact) mass is 572 g/mol. The molecule has 1 heterocycles.